The highest BCUT2D eigenvalue weighted by Crippen LogP contribution is 2.37. The molecule has 1 aliphatic heterocycles. The minimum atomic E-state index is 0.199. The highest BCUT2D eigenvalue weighted by atomic mass is 32.2. The fourth-order valence-electron chi connectivity index (χ4n) is 4.35. The number of nitrogens with zero attached hydrogens (tertiary/aromatic N) is 3. The van der Waals surface area contributed by atoms with E-state index < -0.39 is 0 Å². The second kappa shape index (κ2) is 11.9. The van der Waals surface area contributed by atoms with Gasteiger partial charge in [0, 0.05) is 27.8 Å². The summed E-state index contributed by atoms with van der Waals surface area (Å²) in [4.78, 5) is 12.3. The van der Waals surface area contributed by atoms with Crippen LogP contribution < -0.4 is 9.64 Å². The van der Waals surface area contributed by atoms with Crippen molar-refractivity contribution >= 4 is 34.8 Å². The summed E-state index contributed by atoms with van der Waals surface area (Å²) in [7, 11) is 3.42. The van der Waals surface area contributed by atoms with Crippen molar-refractivity contribution in [1.82, 2.24) is 0 Å². The number of anilines is 1. The van der Waals surface area contributed by atoms with Gasteiger partial charge in [-0.05, 0) is 49.6 Å². The monoisotopic (exact) mass is 492 g/mol. The van der Waals surface area contributed by atoms with Crippen LogP contribution in [0.2, 0.25) is 0 Å². The first-order valence-corrected chi connectivity index (χ1v) is 13.3. The summed E-state index contributed by atoms with van der Waals surface area (Å²) >= 11 is 1.95. The molecule has 0 aromatic heterocycles. The van der Waals surface area contributed by atoms with Crippen LogP contribution in [0, 0.1) is 11.3 Å². The molecule has 1 N–H and O–H groups in total. The fraction of sp³-hybridized carbons (Fsp3) is 0.483. The van der Waals surface area contributed by atoms with Crippen molar-refractivity contribution in [2.45, 2.75) is 69.9 Å². The Labute approximate surface area is 215 Å². The molecule has 0 aliphatic carbocycles. The Kier molecular flexibility index (Phi) is 9.17. The van der Waals surface area contributed by atoms with Crippen LogP contribution in [0.25, 0.3) is 0 Å². The standard InChI is InChI=1S/C29H40N4OS/c1-20(2)10-8-9-17-29(4,5)35-24-14-11-22(12-15-24)28-25-18-23(34-7)13-16-26(25)33(21(3)31-6)27(30)19-32-28/h11-16,18,20,30H,8-10,17,19H2,1-7H3. The SMILES string of the molecule is CN=C(C)N1C(=N)CN=C(c2ccc(SC(C)(C)CCCCC(C)C)cc2)c2cc(OC)ccc21. The summed E-state index contributed by atoms with van der Waals surface area (Å²) < 4.78 is 5.72. The Balaban J connectivity index is 1.86. The molecule has 0 amide bonds. The van der Waals surface area contributed by atoms with Crippen molar-refractivity contribution < 1.29 is 4.74 Å². The normalized spacial score (nSPS) is 14.6. The third-order valence-corrected chi connectivity index (χ3v) is 7.60. The number of nitrogens with one attached hydrogen (secondary N) is 1. The van der Waals surface area contributed by atoms with Gasteiger partial charge < -0.3 is 4.74 Å². The van der Waals surface area contributed by atoms with Crippen LogP contribution in [-0.2, 0) is 0 Å². The molecule has 0 unspecified atom stereocenters. The lowest BCUT2D eigenvalue weighted by Gasteiger charge is -2.25. The molecule has 0 atom stereocenters. The van der Waals surface area contributed by atoms with E-state index in [1.807, 2.05) is 41.8 Å². The molecular formula is C29H40N4OS. The predicted molar refractivity (Wildman–Crippen MR) is 152 cm³/mol. The van der Waals surface area contributed by atoms with Crippen LogP contribution in [0.15, 0.2) is 57.3 Å². The number of fused-ring (bicyclic) bond motifs is 1. The topological polar surface area (TPSA) is 61.0 Å². The van der Waals surface area contributed by atoms with Crippen LogP contribution in [0.3, 0.4) is 0 Å². The predicted octanol–water partition coefficient (Wildman–Crippen LogP) is 7.47. The Hall–Kier alpha value is -2.60. The quantitative estimate of drug-likeness (QED) is 0.171. The van der Waals surface area contributed by atoms with Gasteiger partial charge >= 0.3 is 0 Å². The number of benzene rings is 2. The summed E-state index contributed by atoms with van der Waals surface area (Å²) in [6.45, 7) is 11.5. The lowest BCUT2D eigenvalue weighted by Crippen LogP contribution is -2.36. The molecule has 3 rings (SSSR count). The molecule has 1 heterocycles. The number of methoxy groups -OCH3 is 1. The molecule has 1 aliphatic rings. The number of hydrogen-bond donors (Lipinski definition) is 1. The third kappa shape index (κ3) is 6.97. The smallest absolute Gasteiger partial charge is 0.128 e. The van der Waals surface area contributed by atoms with Crippen molar-refractivity contribution in [2.75, 3.05) is 25.6 Å². The van der Waals surface area contributed by atoms with Gasteiger partial charge in [-0.3, -0.25) is 20.3 Å². The zero-order valence-electron chi connectivity index (χ0n) is 22.3. The van der Waals surface area contributed by atoms with Gasteiger partial charge in [-0.25, -0.2) is 0 Å². The van der Waals surface area contributed by atoms with E-state index in [0.29, 0.717) is 12.4 Å². The van der Waals surface area contributed by atoms with Gasteiger partial charge in [0.25, 0.3) is 0 Å². The van der Waals surface area contributed by atoms with Gasteiger partial charge in [-0.1, -0.05) is 59.1 Å². The lowest BCUT2D eigenvalue weighted by atomic mass is 9.99. The van der Waals surface area contributed by atoms with E-state index in [9.17, 15) is 0 Å². The molecule has 2 aromatic rings. The molecule has 6 heteroatoms. The van der Waals surface area contributed by atoms with Gasteiger partial charge in [0.2, 0.25) is 0 Å². The van der Waals surface area contributed by atoms with Crippen molar-refractivity contribution in [3.05, 3.63) is 53.6 Å². The van der Waals surface area contributed by atoms with Gasteiger partial charge in [0.05, 0.1) is 25.1 Å². The average molecular weight is 493 g/mol. The Morgan fingerprint density at radius 3 is 2.51 bits per heavy atom. The summed E-state index contributed by atoms with van der Waals surface area (Å²) in [5.74, 6) is 2.72. The maximum Gasteiger partial charge on any atom is 0.128 e. The van der Waals surface area contributed by atoms with E-state index >= 15 is 0 Å². The highest BCUT2D eigenvalue weighted by molar-refractivity contribution is 8.00. The molecule has 0 saturated carbocycles. The summed E-state index contributed by atoms with van der Waals surface area (Å²) in [5, 5.41) is 8.63. The first-order chi connectivity index (χ1) is 16.6. The number of thioether (sulfide) groups is 1. The first-order valence-electron chi connectivity index (χ1n) is 12.5. The fourth-order valence-corrected chi connectivity index (χ4v) is 5.51. The molecular weight excluding hydrogens is 452 g/mol. The molecule has 0 spiro atoms. The molecule has 2 aromatic carbocycles. The van der Waals surface area contributed by atoms with Crippen LogP contribution in [0.5, 0.6) is 5.75 Å². The van der Waals surface area contributed by atoms with Crippen molar-refractivity contribution in [1.29, 1.82) is 5.41 Å². The Morgan fingerprint density at radius 2 is 1.89 bits per heavy atom. The number of amidine groups is 2. The Bertz CT molecular complexity index is 1090. The minimum absolute atomic E-state index is 0.199. The van der Waals surface area contributed by atoms with E-state index in [1.54, 1.807) is 14.2 Å². The molecule has 0 radical (unpaired) electrons. The number of unbranched alkanes of at least 4 members (excludes halogenated alkanes) is 1. The average Bonchev–Trinajstić information content (AvgIpc) is 2.97. The van der Waals surface area contributed by atoms with Crippen molar-refractivity contribution in [3.63, 3.8) is 0 Å². The van der Waals surface area contributed by atoms with E-state index in [4.69, 9.17) is 15.1 Å². The zero-order valence-corrected chi connectivity index (χ0v) is 23.1. The lowest BCUT2D eigenvalue weighted by molar-refractivity contribution is 0.415. The summed E-state index contributed by atoms with van der Waals surface area (Å²) in [6.07, 6.45) is 5.09. The van der Waals surface area contributed by atoms with Crippen LogP contribution in [-0.4, -0.2) is 42.8 Å². The molecule has 188 valence electrons. The third-order valence-electron chi connectivity index (χ3n) is 6.34. The molecule has 5 nitrogen and oxygen atoms in total. The Morgan fingerprint density at radius 1 is 1.17 bits per heavy atom. The number of benzodiazepines with no additional fused rings is 1. The molecule has 0 saturated heterocycles. The van der Waals surface area contributed by atoms with Gasteiger partial charge in [0.1, 0.15) is 17.4 Å². The number of ether oxygens (including phenoxy) is 1. The van der Waals surface area contributed by atoms with E-state index in [2.05, 4.69) is 57.0 Å². The van der Waals surface area contributed by atoms with Crippen LogP contribution in [0.1, 0.15) is 71.4 Å². The van der Waals surface area contributed by atoms with Crippen molar-refractivity contribution in [2.24, 2.45) is 15.9 Å². The second-order valence-corrected chi connectivity index (χ2v) is 11.9. The van der Waals surface area contributed by atoms with Gasteiger partial charge in [0.15, 0.2) is 0 Å². The van der Waals surface area contributed by atoms with Gasteiger partial charge in [-0.2, -0.15) is 0 Å². The maximum atomic E-state index is 8.63. The number of hydrogen-bond acceptors (Lipinski definition) is 5. The number of aliphatic imine (C=N–C) groups is 2. The molecule has 0 fully saturated rings. The molecule has 0 bridgehead atoms. The van der Waals surface area contributed by atoms with Gasteiger partial charge in [-0.15, -0.1) is 11.8 Å². The first kappa shape index (κ1) is 27.0. The highest BCUT2D eigenvalue weighted by Gasteiger charge is 2.26. The van der Waals surface area contributed by atoms with Crippen molar-refractivity contribution in [3.8, 4) is 5.75 Å². The minimum Gasteiger partial charge on any atom is -0.497 e. The van der Waals surface area contributed by atoms with Crippen LogP contribution in [0.4, 0.5) is 5.69 Å². The molecule has 35 heavy (non-hydrogen) atoms. The largest absolute Gasteiger partial charge is 0.497 e. The maximum absolute atomic E-state index is 8.63. The summed E-state index contributed by atoms with van der Waals surface area (Å²) in [5.41, 5.74) is 3.76. The van der Waals surface area contributed by atoms with Crippen LogP contribution >= 0.6 is 11.8 Å². The zero-order chi connectivity index (χ0) is 25.6. The van der Waals surface area contributed by atoms with E-state index in [1.165, 1.54) is 30.6 Å². The van der Waals surface area contributed by atoms with E-state index in [0.717, 1.165) is 40.0 Å². The second-order valence-electron chi connectivity index (χ2n) is 10.1. The van der Waals surface area contributed by atoms with E-state index in [-0.39, 0.29) is 4.75 Å². The number of rotatable bonds is 9. The summed E-state index contributed by atoms with van der Waals surface area (Å²) in [6, 6.07) is 14.6.